The molecule has 0 N–H and O–H groups in total. The van der Waals surface area contributed by atoms with Crippen molar-refractivity contribution in [1.29, 1.82) is 0 Å². The molecule has 0 spiro atoms. The van der Waals surface area contributed by atoms with Crippen LogP contribution < -0.4 is 0 Å². The van der Waals surface area contributed by atoms with Crippen molar-refractivity contribution < 1.29 is 0 Å². The highest BCUT2D eigenvalue weighted by Crippen LogP contribution is 2.22. The molecule has 0 bridgehead atoms. The molecule has 0 saturated carbocycles. The fraction of sp³-hybridized carbons (Fsp3) is 0.0500. The maximum absolute atomic E-state index is 4.47. The van der Waals surface area contributed by atoms with Crippen LogP contribution in [0.1, 0.15) is 11.1 Å². The lowest BCUT2D eigenvalue weighted by atomic mass is 10.0. The van der Waals surface area contributed by atoms with E-state index in [-0.39, 0.29) is 0 Å². The summed E-state index contributed by atoms with van der Waals surface area (Å²) in [7, 11) is 0. The van der Waals surface area contributed by atoms with Gasteiger partial charge in [-0.3, -0.25) is 4.40 Å². The lowest BCUT2D eigenvalue weighted by molar-refractivity contribution is 1.17. The van der Waals surface area contributed by atoms with E-state index in [9.17, 15) is 0 Å². The van der Waals surface area contributed by atoms with Crippen molar-refractivity contribution in [3.8, 4) is 11.3 Å². The molecule has 0 saturated heterocycles. The molecule has 2 aromatic heterocycles. The van der Waals surface area contributed by atoms with E-state index in [1.54, 1.807) is 0 Å². The summed E-state index contributed by atoms with van der Waals surface area (Å²) in [5.41, 5.74) is 5.95. The van der Waals surface area contributed by atoms with Gasteiger partial charge in [0, 0.05) is 11.8 Å². The van der Waals surface area contributed by atoms with E-state index in [0.717, 1.165) is 17.8 Å². The van der Waals surface area contributed by atoms with Gasteiger partial charge in [0.05, 0.1) is 11.9 Å². The van der Waals surface area contributed by atoms with E-state index in [1.807, 2.05) is 24.4 Å². The normalized spacial score (nSPS) is 10.9. The van der Waals surface area contributed by atoms with Gasteiger partial charge in [0.2, 0.25) is 0 Å². The SMILES string of the molecule is c1ccc(Cc2cccc(-c3cnc4ccccn34)c2)cc1. The molecule has 0 fully saturated rings. The van der Waals surface area contributed by atoms with Crippen molar-refractivity contribution in [3.05, 3.63) is 96.3 Å². The second-order valence-electron chi connectivity index (χ2n) is 5.44. The number of hydrogen-bond donors (Lipinski definition) is 0. The van der Waals surface area contributed by atoms with Gasteiger partial charge in [0.1, 0.15) is 5.65 Å². The largest absolute Gasteiger partial charge is 0.300 e. The van der Waals surface area contributed by atoms with Gasteiger partial charge in [-0.15, -0.1) is 0 Å². The number of hydrogen-bond acceptors (Lipinski definition) is 1. The average Bonchev–Trinajstić information content (AvgIpc) is 3.00. The molecular formula is C20H16N2. The number of pyridine rings is 1. The van der Waals surface area contributed by atoms with Crippen molar-refractivity contribution in [2.24, 2.45) is 0 Å². The zero-order valence-electron chi connectivity index (χ0n) is 12.2. The van der Waals surface area contributed by atoms with Crippen molar-refractivity contribution >= 4 is 5.65 Å². The van der Waals surface area contributed by atoms with Crippen LogP contribution in [0.25, 0.3) is 16.9 Å². The predicted molar refractivity (Wildman–Crippen MR) is 89.9 cm³/mol. The molecule has 0 unspecified atom stereocenters. The lowest BCUT2D eigenvalue weighted by Gasteiger charge is -2.06. The highest BCUT2D eigenvalue weighted by molar-refractivity contribution is 5.64. The van der Waals surface area contributed by atoms with Gasteiger partial charge >= 0.3 is 0 Å². The Labute approximate surface area is 129 Å². The fourth-order valence-electron chi connectivity index (χ4n) is 2.82. The van der Waals surface area contributed by atoms with E-state index >= 15 is 0 Å². The Morgan fingerprint density at radius 3 is 2.50 bits per heavy atom. The summed E-state index contributed by atoms with van der Waals surface area (Å²) in [6.07, 6.45) is 4.95. The minimum atomic E-state index is 0.950. The fourth-order valence-corrected chi connectivity index (χ4v) is 2.82. The summed E-state index contributed by atoms with van der Waals surface area (Å²) >= 11 is 0. The summed E-state index contributed by atoms with van der Waals surface area (Å²) < 4.78 is 2.13. The highest BCUT2D eigenvalue weighted by atomic mass is 15.0. The van der Waals surface area contributed by atoms with Crippen LogP contribution in [0.4, 0.5) is 0 Å². The Morgan fingerprint density at radius 1 is 0.773 bits per heavy atom. The van der Waals surface area contributed by atoms with Crippen molar-refractivity contribution in [1.82, 2.24) is 9.38 Å². The molecule has 4 rings (SSSR count). The van der Waals surface area contributed by atoms with Crippen LogP contribution >= 0.6 is 0 Å². The van der Waals surface area contributed by atoms with Gasteiger partial charge < -0.3 is 0 Å². The number of aromatic nitrogens is 2. The van der Waals surface area contributed by atoms with Crippen LogP contribution in [-0.4, -0.2) is 9.38 Å². The maximum atomic E-state index is 4.47. The van der Waals surface area contributed by atoms with Gasteiger partial charge in [-0.25, -0.2) is 4.98 Å². The third-order valence-corrected chi connectivity index (χ3v) is 3.89. The Bertz CT molecular complexity index is 907. The monoisotopic (exact) mass is 284 g/mol. The summed E-state index contributed by atoms with van der Waals surface area (Å²) in [6, 6.07) is 25.3. The quantitative estimate of drug-likeness (QED) is 0.538. The van der Waals surface area contributed by atoms with E-state index in [1.165, 1.54) is 16.7 Å². The van der Waals surface area contributed by atoms with Crippen molar-refractivity contribution in [2.45, 2.75) is 6.42 Å². The predicted octanol–water partition coefficient (Wildman–Crippen LogP) is 4.59. The van der Waals surface area contributed by atoms with Crippen molar-refractivity contribution in [3.63, 3.8) is 0 Å². The molecule has 106 valence electrons. The Morgan fingerprint density at radius 2 is 1.59 bits per heavy atom. The molecule has 2 heterocycles. The maximum Gasteiger partial charge on any atom is 0.137 e. The zero-order chi connectivity index (χ0) is 14.8. The standard InChI is InChI=1S/C20H16N2/c1-2-7-16(8-3-1)13-17-9-6-10-18(14-17)19-15-21-20-11-4-5-12-22(19)20/h1-12,14-15H,13H2. The zero-order valence-corrected chi connectivity index (χ0v) is 12.2. The average molecular weight is 284 g/mol. The smallest absolute Gasteiger partial charge is 0.137 e. The first-order valence-electron chi connectivity index (χ1n) is 7.45. The molecule has 0 aliphatic carbocycles. The van der Waals surface area contributed by atoms with Gasteiger partial charge in [0.15, 0.2) is 0 Å². The Balaban J connectivity index is 1.73. The second kappa shape index (κ2) is 5.49. The van der Waals surface area contributed by atoms with E-state index < -0.39 is 0 Å². The van der Waals surface area contributed by atoms with Crippen molar-refractivity contribution in [2.75, 3.05) is 0 Å². The molecule has 0 radical (unpaired) electrons. The van der Waals surface area contributed by atoms with Crippen LogP contribution in [0.15, 0.2) is 85.2 Å². The number of rotatable bonds is 3. The molecule has 0 atom stereocenters. The van der Waals surface area contributed by atoms with Crippen LogP contribution in [-0.2, 0) is 6.42 Å². The summed E-state index contributed by atoms with van der Waals surface area (Å²) in [6.45, 7) is 0. The van der Waals surface area contributed by atoms with Gasteiger partial charge in [-0.1, -0.05) is 54.6 Å². The Kier molecular flexibility index (Phi) is 3.20. The van der Waals surface area contributed by atoms with Crippen LogP contribution in [0, 0.1) is 0 Å². The number of fused-ring (bicyclic) bond motifs is 1. The van der Waals surface area contributed by atoms with Gasteiger partial charge in [-0.2, -0.15) is 0 Å². The van der Waals surface area contributed by atoms with E-state index in [2.05, 4.69) is 70.2 Å². The topological polar surface area (TPSA) is 17.3 Å². The molecule has 2 nitrogen and oxygen atoms in total. The minimum absolute atomic E-state index is 0.950. The van der Waals surface area contributed by atoms with Crippen LogP contribution in [0.2, 0.25) is 0 Å². The minimum Gasteiger partial charge on any atom is -0.300 e. The number of imidazole rings is 1. The first-order chi connectivity index (χ1) is 10.9. The molecule has 0 aliphatic heterocycles. The second-order valence-corrected chi connectivity index (χ2v) is 5.44. The van der Waals surface area contributed by atoms with Crippen LogP contribution in [0.5, 0.6) is 0 Å². The molecular weight excluding hydrogens is 268 g/mol. The molecule has 0 aliphatic rings. The lowest BCUT2D eigenvalue weighted by Crippen LogP contribution is -1.91. The number of benzene rings is 2. The summed E-state index contributed by atoms with van der Waals surface area (Å²) in [5, 5.41) is 0. The van der Waals surface area contributed by atoms with Crippen LogP contribution in [0.3, 0.4) is 0 Å². The third kappa shape index (κ3) is 2.40. The molecule has 2 heteroatoms. The first-order valence-corrected chi connectivity index (χ1v) is 7.45. The molecule has 22 heavy (non-hydrogen) atoms. The summed E-state index contributed by atoms with van der Waals surface area (Å²) in [4.78, 5) is 4.47. The molecule has 0 amide bonds. The molecule has 2 aromatic carbocycles. The van der Waals surface area contributed by atoms with E-state index in [4.69, 9.17) is 0 Å². The van der Waals surface area contributed by atoms with Gasteiger partial charge in [0.25, 0.3) is 0 Å². The van der Waals surface area contributed by atoms with Gasteiger partial charge in [-0.05, 0) is 35.7 Å². The van der Waals surface area contributed by atoms with E-state index in [0.29, 0.717) is 0 Å². The Hall–Kier alpha value is -2.87. The summed E-state index contributed by atoms with van der Waals surface area (Å²) in [5.74, 6) is 0. The third-order valence-electron chi connectivity index (χ3n) is 3.89. The highest BCUT2D eigenvalue weighted by Gasteiger charge is 2.06. The molecule has 4 aromatic rings. The number of nitrogens with zero attached hydrogens (tertiary/aromatic N) is 2. The first kappa shape index (κ1) is 12.8.